The minimum atomic E-state index is 0.0439. The number of benzene rings is 2. The fourth-order valence-electron chi connectivity index (χ4n) is 4.69. The summed E-state index contributed by atoms with van der Waals surface area (Å²) in [5, 5.41) is 11.5. The van der Waals surface area contributed by atoms with Crippen LogP contribution in [0.4, 0.5) is 5.82 Å². The third-order valence-electron chi connectivity index (χ3n) is 7.00. The molecule has 10 nitrogen and oxygen atoms in total. The zero-order valence-corrected chi connectivity index (χ0v) is 21.8. The summed E-state index contributed by atoms with van der Waals surface area (Å²) in [5.41, 5.74) is 0.570. The van der Waals surface area contributed by atoms with E-state index in [1.54, 1.807) is 6.08 Å². The summed E-state index contributed by atoms with van der Waals surface area (Å²) < 4.78 is 12.0. The van der Waals surface area contributed by atoms with Crippen LogP contribution in [0.2, 0.25) is 0 Å². The van der Waals surface area contributed by atoms with Gasteiger partial charge in [-0.1, -0.05) is 24.3 Å². The van der Waals surface area contributed by atoms with Crippen LogP contribution >= 0.6 is 0 Å². The van der Waals surface area contributed by atoms with Crippen molar-refractivity contribution < 1.29 is 14.3 Å². The van der Waals surface area contributed by atoms with Crippen LogP contribution in [-0.4, -0.2) is 74.6 Å². The average Bonchev–Trinajstić information content (AvgIpc) is 3.57. The van der Waals surface area contributed by atoms with E-state index in [9.17, 15) is 4.79 Å². The summed E-state index contributed by atoms with van der Waals surface area (Å²) in [7, 11) is 2.10. The highest BCUT2D eigenvalue weighted by Crippen LogP contribution is 2.33. The lowest BCUT2D eigenvalue weighted by molar-refractivity contribution is -0.125. The fraction of sp³-hybridized carbons (Fsp3) is 0.310. The molecule has 39 heavy (non-hydrogen) atoms. The van der Waals surface area contributed by atoms with Crippen LogP contribution in [-0.2, 0) is 4.79 Å². The van der Waals surface area contributed by atoms with E-state index >= 15 is 0 Å². The molecule has 1 saturated carbocycles. The Bertz CT molecular complexity index is 1450. The number of hydrogen-bond acceptors (Lipinski definition) is 8. The predicted molar refractivity (Wildman–Crippen MR) is 148 cm³/mol. The maximum Gasteiger partial charge on any atom is 0.246 e. The van der Waals surface area contributed by atoms with Crippen LogP contribution in [0.1, 0.15) is 19.3 Å². The molecule has 1 aliphatic heterocycles. The summed E-state index contributed by atoms with van der Waals surface area (Å²) in [5.74, 6) is 3.12. The number of likely N-dealkylation sites (tertiary alicyclic amines) is 1. The molecule has 2 aromatic carbocycles. The average molecular weight is 526 g/mol. The van der Waals surface area contributed by atoms with Gasteiger partial charge < -0.3 is 19.7 Å². The fourth-order valence-corrected chi connectivity index (χ4v) is 4.69. The number of carbonyl (C=O) groups is 1. The van der Waals surface area contributed by atoms with Crippen LogP contribution in [0.5, 0.6) is 23.1 Å². The Hall–Kier alpha value is -4.44. The summed E-state index contributed by atoms with van der Waals surface area (Å²) in [6, 6.07) is 17.7. The smallest absolute Gasteiger partial charge is 0.246 e. The van der Waals surface area contributed by atoms with Crippen LogP contribution < -0.4 is 14.8 Å². The lowest BCUT2D eigenvalue weighted by Crippen LogP contribution is -2.30. The quantitative estimate of drug-likeness (QED) is 0.289. The largest absolute Gasteiger partial charge is 0.457 e. The van der Waals surface area contributed by atoms with Gasteiger partial charge in [-0.15, -0.1) is 0 Å². The van der Waals surface area contributed by atoms with E-state index in [-0.39, 0.29) is 11.9 Å². The number of fused-ring (bicyclic) bond motifs is 1. The SMILES string of the molecule is CN(C/C=C/C(=O)N1CC[C@@H](Nc2n[nH]c3ncnc(Oc4ccc(Oc5ccccc5)cc4)c23)C1)C1CC1. The summed E-state index contributed by atoms with van der Waals surface area (Å²) in [6.45, 7) is 2.10. The van der Waals surface area contributed by atoms with Crippen molar-refractivity contribution >= 4 is 22.8 Å². The zero-order chi connectivity index (χ0) is 26.6. The zero-order valence-electron chi connectivity index (χ0n) is 21.8. The number of rotatable bonds is 10. The Balaban J connectivity index is 1.09. The minimum absolute atomic E-state index is 0.0439. The molecule has 2 fully saturated rings. The van der Waals surface area contributed by atoms with Crippen LogP contribution in [0, 0.1) is 0 Å². The van der Waals surface area contributed by atoms with Crippen molar-refractivity contribution in [2.45, 2.75) is 31.3 Å². The first-order chi connectivity index (χ1) is 19.1. The van der Waals surface area contributed by atoms with E-state index < -0.39 is 0 Å². The molecule has 1 saturated heterocycles. The highest BCUT2D eigenvalue weighted by Gasteiger charge is 2.28. The van der Waals surface area contributed by atoms with Crippen molar-refractivity contribution in [2.75, 3.05) is 32.0 Å². The van der Waals surface area contributed by atoms with E-state index in [2.05, 4.69) is 37.4 Å². The molecule has 0 spiro atoms. The number of nitrogens with one attached hydrogen (secondary N) is 2. The molecule has 0 bridgehead atoms. The van der Waals surface area contributed by atoms with Gasteiger partial charge in [0.05, 0.1) is 0 Å². The van der Waals surface area contributed by atoms with Crippen molar-refractivity contribution in [3.05, 3.63) is 73.1 Å². The molecule has 200 valence electrons. The Morgan fingerprint density at radius 3 is 2.56 bits per heavy atom. The summed E-state index contributed by atoms with van der Waals surface area (Å²) >= 11 is 0. The molecule has 2 aliphatic rings. The van der Waals surface area contributed by atoms with E-state index in [1.807, 2.05) is 65.6 Å². The number of aromatic nitrogens is 4. The molecule has 2 aromatic heterocycles. The van der Waals surface area contributed by atoms with Crippen molar-refractivity contribution in [3.8, 4) is 23.1 Å². The van der Waals surface area contributed by atoms with Gasteiger partial charge in [-0.05, 0) is 62.7 Å². The van der Waals surface area contributed by atoms with E-state index in [1.165, 1.54) is 19.2 Å². The number of para-hydroxylation sites is 1. The number of carbonyl (C=O) groups excluding carboxylic acids is 1. The van der Waals surface area contributed by atoms with Gasteiger partial charge in [0.1, 0.15) is 29.0 Å². The standard InChI is InChI=1S/C29H31N7O3/c1-35(21-9-10-21)16-5-8-25(37)36-17-15-20(18-36)32-28-26-27(33-34-28)30-19-31-29(26)39-24-13-11-23(12-14-24)38-22-6-3-2-4-7-22/h2-8,11-14,19-21H,9-10,15-18H2,1H3,(H2,30,31,32,33,34)/b8-5+/t20-/m1/s1. The summed E-state index contributed by atoms with van der Waals surface area (Å²) in [6.07, 6.45) is 8.43. The van der Waals surface area contributed by atoms with Gasteiger partial charge >= 0.3 is 0 Å². The Morgan fingerprint density at radius 2 is 1.79 bits per heavy atom. The first kappa shape index (κ1) is 24.9. The van der Waals surface area contributed by atoms with E-state index in [4.69, 9.17) is 9.47 Å². The second-order valence-electron chi connectivity index (χ2n) is 9.95. The molecule has 1 amide bonds. The number of hydrogen-bond donors (Lipinski definition) is 2. The second-order valence-corrected chi connectivity index (χ2v) is 9.95. The Kier molecular flexibility index (Phi) is 7.09. The number of anilines is 1. The van der Waals surface area contributed by atoms with Crippen molar-refractivity contribution in [1.29, 1.82) is 0 Å². The molecular weight excluding hydrogens is 494 g/mol. The van der Waals surface area contributed by atoms with E-state index in [0.29, 0.717) is 53.4 Å². The van der Waals surface area contributed by atoms with Gasteiger partial charge in [0.15, 0.2) is 11.5 Å². The van der Waals surface area contributed by atoms with Crippen LogP contribution in [0.25, 0.3) is 11.0 Å². The minimum Gasteiger partial charge on any atom is -0.457 e. The molecular formula is C29H31N7O3. The number of likely N-dealkylation sites (N-methyl/N-ethyl adjacent to an activating group) is 1. The van der Waals surface area contributed by atoms with Gasteiger partial charge in [0.2, 0.25) is 11.8 Å². The molecule has 1 aliphatic carbocycles. The number of nitrogens with zero attached hydrogens (tertiary/aromatic N) is 5. The first-order valence-corrected chi connectivity index (χ1v) is 13.2. The van der Waals surface area contributed by atoms with Crippen molar-refractivity contribution in [2.24, 2.45) is 0 Å². The molecule has 2 N–H and O–H groups in total. The van der Waals surface area contributed by atoms with Crippen LogP contribution in [0.15, 0.2) is 73.1 Å². The molecule has 0 radical (unpaired) electrons. The maximum absolute atomic E-state index is 12.7. The first-order valence-electron chi connectivity index (χ1n) is 13.2. The van der Waals surface area contributed by atoms with E-state index in [0.717, 1.165) is 18.7 Å². The summed E-state index contributed by atoms with van der Waals surface area (Å²) in [4.78, 5) is 25.5. The third kappa shape index (κ3) is 6.01. The number of H-pyrrole nitrogens is 1. The third-order valence-corrected chi connectivity index (χ3v) is 7.00. The molecule has 10 heteroatoms. The number of aromatic amines is 1. The molecule has 1 atom stereocenters. The lowest BCUT2D eigenvalue weighted by Gasteiger charge is -2.16. The van der Waals surface area contributed by atoms with Crippen molar-refractivity contribution in [1.82, 2.24) is 30.0 Å². The van der Waals surface area contributed by atoms with Gasteiger partial charge in [-0.2, -0.15) is 5.10 Å². The second kappa shape index (κ2) is 11.1. The molecule has 0 unspecified atom stereocenters. The molecule has 4 aromatic rings. The monoisotopic (exact) mass is 525 g/mol. The van der Waals surface area contributed by atoms with Gasteiger partial charge in [-0.25, -0.2) is 9.97 Å². The maximum atomic E-state index is 12.7. The lowest BCUT2D eigenvalue weighted by atomic mass is 10.2. The number of amides is 1. The number of ether oxygens (including phenoxy) is 2. The van der Waals surface area contributed by atoms with Gasteiger partial charge in [0.25, 0.3) is 0 Å². The topological polar surface area (TPSA) is 109 Å². The van der Waals surface area contributed by atoms with Crippen molar-refractivity contribution in [3.63, 3.8) is 0 Å². The predicted octanol–water partition coefficient (Wildman–Crippen LogP) is 4.60. The Morgan fingerprint density at radius 1 is 1.05 bits per heavy atom. The van der Waals surface area contributed by atoms with Gasteiger partial charge in [0, 0.05) is 37.8 Å². The highest BCUT2D eigenvalue weighted by molar-refractivity contribution is 5.92. The van der Waals surface area contributed by atoms with Crippen LogP contribution in [0.3, 0.4) is 0 Å². The molecule has 6 rings (SSSR count). The molecule has 3 heterocycles. The highest BCUT2D eigenvalue weighted by atomic mass is 16.5. The Labute approximate surface area is 226 Å². The van der Waals surface area contributed by atoms with Gasteiger partial charge in [-0.3, -0.25) is 14.8 Å². The normalized spacial score (nSPS) is 17.3.